The highest BCUT2D eigenvalue weighted by atomic mass is 16.4. The molecule has 0 aromatic heterocycles. The standard InChI is InChI=1S/C11H24N4O2/c1-6-11(7-2,8(12)15-17)14-9(16)13-10(3,4)5/h17H,6-7H2,1-5H3,(H2,12,15)(H2,13,14,16). The van der Waals surface area contributed by atoms with E-state index < -0.39 is 5.54 Å². The van der Waals surface area contributed by atoms with Crippen molar-refractivity contribution in [2.75, 3.05) is 0 Å². The first-order valence-electron chi connectivity index (χ1n) is 5.79. The van der Waals surface area contributed by atoms with E-state index in [1.54, 1.807) is 0 Å². The van der Waals surface area contributed by atoms with Gasteiger partial charge >= 0.3 is 6.03 Å². The lowest BCUT2D eigenvalue weighted by Gasteiger charge is -2.33. The van der Waals surface area contributed by atoms with E-state index >= 15 is 0 Å². The first-order chi connectivity index (χ1) is 7.70. The Morgan fingerprint density at radius 2 is 1.71 bits per heavy atom. The number of rotatable bonds is 4. The second-order valence-electron chi connectivity index (χ2n) is 5.10. The molecule has 0 aliphatic rings. The van der Waals surface area contributed by atoms with Crippen LogP contribution in [-0.2, 0) is 0 Å². The van der Waals surface area contributed by atoms with Gasteiger partial charge in [0.05, 0.1) is 0 Å². The van der Waals surface area contributed by atoms with Crippen LogP contribution >= 0.6 is 0 Å². The lowest BCUT2D eigenvalue weighted by atomic mass is 9.91. The van der Waals surface area contributed by atoms with E-state index in [2.05, 4.69) is 15.8 Å². The number of hydrogen-bond acceptors (Lipinski definition) is 3. The Hall–Kier alpha value is -1.46. The van der Waals surface area contributed by atoms with Crippen molar-refractivity contribution in [3.63, 3.8) is 0 Å². The molecule has 0 aromatic carbocycles. The van der Waals surface area contributed by atoms with E-state index in [4.69, 9.17) is 10.9 Å². The average molecular weight is 244 g/mol. The van der Waals surface area contributed by atoms with Crippen molar-refractivity contribution >= 4 is 11.9 Å². The number of nitrogens with one attached hydrogen (secondary N) is 2. The molecule has 17 heavy (non-hydrogen) atoms. The third kappa shape index (κ3) is 4.50. The highest BCUT2D eigenvalue weighted by Gasteiger charge is 2.33. The molecular weight excluding hydrogens is 220 g/mol. The van der Waals surface area contributed by atoms with Crippen molar-refractivity contribution in [1.29, 1.82) is 0 Å². The normalized spacial score (nSPS) is 13.4. The quantitative estimate of drug-likeness (QED) is 0.260. The molecule has 6 heteroatoms. The number of carbonyl (C=O) groups excluding carboxylic acids is 1. The zero-order chi connectivity index (χ0) is 13.7. The van der Waals surface area contributed by atoms with Crippen molar-refractivity contribution in [2.24, 2.45) is 10.9 Å². The van der Waals surface area contributed by atoms with Gasteiger partial charge in [-0.05, 0) is 33.6 Å². The van der Waals surface area contributed by atoms with E-state index in [0.29, 0.717) is 12.8 Å². The van der Waals surface area contributed by atoms with Crippen LogP contribution in [0.5, 0.6) is 0 Å². The molecule has 0 atom stereocenters. The fourth-order valence-electron chi connectivity index (χ4n) is 1.54. The Bertz CT molecular complexity index is 290. The van der Waals surface area contributed by atoms with Crippen molar-refractivity contribution in [1.82, 2.24) is 10.6 Å². The summed E-state index contributed by atoms with van der Waals surface area (Å²) < 4.78 is 0. The predicted molar refractivity (Wildman–Crippen MR) is 68.1 cm³/mol. The third-order valence-electron chi connectivity index (χ3n) is 2.65. The Morgan fingerprint density at radius 1 is 1.24 bits per heavy atom. The zero-order valence-corrected chi connectivity index (χ0v) is 11.3. The second kappa shape index (κ2) is 5.75. The zero-order valence-electron chi connectivity index (χ0n) is 11.3. The minimum atomic E-state index is -0.802. The number of nitrogens with two attached hydrogens (primary N) is 1. The molecule has 5 N–H and O–H groups in total. The van der Waals surface area contributed by atoms with Gasteiger partial charge in [0.2, 0.25) is 0 Å². The Kier molecular flexibility index (Phi) is 5.25. The van der Waals surface area contributed by atoms with Gasteiger partial charge in [0.25, 0.3) is 0 Å². The lowest BCUT2D eigenvalue weighted by molar-refractivity contribution is 0.221. The minimum absolute atomic E-state index is 0.0200. The molecule has 0 heterocycles. The predicted octanol–water partition coefficient (Wildman–Crippen LogP) is 1.39. The van der Waals surface area contributed by atoms with E-state index in [-0.39, 0.29) is 17.4 Å². The summed E-state index contributed by atoms with van der Waals surface area (Å²) in [6.07, 6.45) is 1.11. The number of amidine groups is 1. The summed E-state index contributed by atoms with van der Waals surface area (Å²) in [6.45, 7) is 9.40. The molecule has 0 radical (unpaired) electrons. The smallest absolute Gasteiger partial charge is 0.316 e. The maximum Gasteiger partial charge on any atom is 0.316 e. The number of oxime groups is 1. The molecule has 6 nitrogen and oxygen atoms in total. The molecule has 0 aliphatic carbocycles. The molecule has 0 aromatic rings. The molecule has 0 saturated carbocycles. The van der Waals surface area contributed by atoms with Crippen LogP contribution in [0.4, 0.5) is 4.79 Å². The van der Waals surface area contributed by atoms with Crippen molar-refractivity contribution in [2.45, 2.75) is 58.5 Å². The minimum Gasteiger partial charge on any atom is -0.409 e. The van der Waals surface area contributed by atoms with Gasteiger partial charge < -0.3 is 21.6 Å². The SMILES string of the molecule is CCC(CC)(NC(=O)NC(C)(C)C)/C(N)=N/O. The molecule has 0 aliphatic heterocycles. The molecular formula is C11H24N4O2. The van der Waals surface area contributed by atoms with Crippen LogP contribution < -0.4 is 16.4 Å². The number of carbonyl (C=O) groups is 1. The van der Waals surface area contributed by atoms with E-state index in [9.17, 15) is 4.79 Å². The monoisotopic (exact) mass is 244 g/mol. The molecule has 0 saturated heterocycles. The average Bonchev–Trinajstić information content (AvgIpc) is 2.22. The molecule has 0 spiro atoms. The lowest BCUT2D eigenvalue weighted by Crippen LogP contribution is -2.61. The van der Waals surface area contributed by atoms with Gasteiger partial charge in [0.1, 0.15) is 5.54 Å². The Balaban J connectivity index is 4.84. The van der Waals surface area contributed by atoms with Crippen LogP contribution in [0.15, 0.2) is 5.16 Å². The van der Waals surface area contributed by atoms with Gasteiger partial charge in [-0.15, -0.1) is 0 Å². The van der Waals surface area contributed by atoms with Crippen LogP contribution in [-0.4, -0.2) is 28.2 Å². The fourth-order valence-corrected chi connectivity index (χ4v) is 1.54. The highest BCUT2D eigenvalue weighted by molar-refractivity contribution is 5.93. The molecule has 0 bridgehead atoms. The molecule has 100 valence electrons. The van der Waals surface area contributed by atoms with E-state index in [0.717, 1.165) is 0 Å². The number of amides is 2. The summed E-state index contributed by atoms with van der Waals surface area (Å²) in [5.41, 5.74) is 4.51. The largest absolute Gasteiger partial charge is 0.409 e. The van der Waals surface area contributed by atoms with Crippen molar-refractivity contribution in [3.8, 4) is 0 Å². The van der Waals surface area contributed by atoms with E-state index in [1.807, 2.05) is 34.6 Å². The Labute approximate surface area is 103 Å². The molecule has 0 rings (SSSR count). The summed E-state index contributed by atoms with van der Waals surface area (Å²) >= 11 is 0. The van der Waals surface area contributed by atoms with Crippen LogP contribution in [0.25, 0.3) is 0 Å². The van der Waals surface area contributed by atoms with Crippen LogP contribution in [0.3, 0.4) is 0 Å². The molecule has 0 unspecified atom stereocenters. The summed E-state index contributed by atoms with van der Waals surface area (Å²) in [5.74, 6) is 0.0200. The summed E-state index contributed by atoms with van der Waals surface area (Å²) in [4.78, 5) is 11.8. The van der Waals surface area contributed by atoms with Gasteiger partial charge in [-0.25, -0.2) is 4.79 Å². The third-order valence-corrected chi connectivity index (χ3v) is 2.65. The van der Waals surface area contributed by atoms with Gasteiger partial charge in [0.15, 0.2) is 5.84 Å². The van der Waals surface area contributed by atoms with Crippen LogP contribution in [0.2, 0.25) is 0 Å². The highest BCUT2D eigenvalue weighted by Crippen LogP contribution is 2.15. The first kappa shape index (κ1) is 15.5. The first-order valence-corrected chi connectivity index (χ1v) is 5.79. The van der Waals surface area contributed by atoms with Gasteiger partial charge in [-0.2, -0.15) is 0 Å². The fraction of sp³-hybridized carbons (Fsp3) is 0.818. The topological polar surface area (TPSA) is 99.7 Å². The summed E-state index contributed by atoms with van der Waals surface area (Å²) in [6, 6.07) is -0.326. The second-order valence-corrected chi connectivity index (χ2v) is 5.10. The van der Waals surface area contributed by atoms with Gasteiger partial charge in [0, 0.05) is 5.54 Å². The number of urea groups is 1. The van der Waals surface area contributed by atoms with Crippen molar-refractivity contribution < 1.29 is 10.0 Å². The number of nitrogens with zero attached hydrogens (tertiary/aromatic N) is 1. The summed E-state index contributed by atoms with van der Waals surface area (Å²) in [5, 5.41) is 17.3. The maximum atomic E-state index is 11.8. The van der Waals surface area contributed by atoms with Gasteiger partial charge in [-0.3, -0.25) is 0 Å². The number of hydrogen-bond donors (Lipinski definition) is 4. The Morgan fingerprint density at radius 3 is 2.00 bits per heavy atom. The molecule has 2 amide bonds. The maximum absolute atomic E-state index is 11.8. The van der Waals surface area contributed by atoms with Crippen LogP contribution in [0.1, 0.15) is 47.5 Å². The van der Waals surface area contributed by atoms with Crippen LogP contribution in [0, 0.1) is 0 Å². The summed E-state index contributed by atoms with van der Waals surface area (Å²) in [7, 11) is 0. The van der Waals surface area contributed by atoms with Crippen molar-refractivity contribution in [3.05, 3.63) is 0 Å². The van der Waals surface area contributed by atoms with Gasteiger partial charge in [-0.1, -0.05) is 19.0 Å². The van der Waals surface area contributed by atoms with E-state index in [1.165, 1.54) is 0 Å². The molecule has 0 fully saturated rings.